The van der Waals surface area contributed by atoms with Gasteiger partial charge in [0.1, 0.15) is 0 Å². The smallest absolute Gasteiger partial charge is 0.0651 e. The lowest BCUT2D eigenvalue weighted by Crippen LogP contribution is -2.15. The molecule has 0 bridgehead atoms. The molecule has 1 aliphatic heterocycles. The molecule has 0 aliphatic carbocycles. The average Bonchev–Trinajstić information content (AvgIpc) is 2.42. The van der Waals surface area contributed by atoms with Crippen LogP contribution in [-0.4, -0.2) is 16.8 Å². The maximum Gasteiger partial charge on any atom is 0.0651 e. The van der Waals surface area contributed by atoms with Gasteiger partial charge in [-0.15, -0.1) is 0 Å². The van der Waals surface area contributed by atoms with Crippen molar-refractivity contribution in [1.29, 1.82) is 0 Å². The predicted octanol–water partition coefficient (Wildman–Crippen LogP) is 1.95. The molecule has 1 atom stereocenters. The Kier molecular flexibility index (Phi) is 1.56. The number of aromatic nitrogens is 1. The zero-order valence-corrected chi connectivity index (χ0v) is 7.83. The number of fused-ring (bicyclic) bond motifs is 1. The van der Waals surface area contributed by atoms with Crippen molar-refractivity contribution >= 4 is 5.71 Å². The third-order valence-corrected chi connectivity index (χ3v) is 2.58. The second-order valence-electron chi connectivity index (χ2n) is 3.56. The van der Waals surface area contributed by atoms with E-state index in [0.717, 1.165) is 6.54 Å². The summed E-state index contributed by atoms with van der Waals surface area (Å²) in [6.07, 6.45) is 2.12. The summed E-state index contributed by atoms with van der Waals surface area (Å²) >= 11 is 0. The summed E-state index contributed by atoms with van der Waals surface area (Å²) in [7, 11) is 2.08. The molecule has 2 heterocycles. The van der Waals surface area contributed by atoms with Crippen LogP contribution in [-0.2, 0) is 7.05 Å². The van der Waals surface area contributed by atoms with Crippen LogP contribution in [0.15, 0.2) is 17.3 Å². The van der Waals surface area contributed by atoms with Gasteiger partial charge in [-0.1, -0.05) is 6.92 Å². The standard InChI is InChI=1S/C10H14N2/c1-7-6-11-8(2)10-9(7)4-5-12(10)3/h4-5,7H,6H2,1-3H3/t7-/m0/s1. The fourth-order valence-electron chi connectivity index (χ4n) is 1.86. The van der Waals surface area contributed by atoms with E-state index >= 15 is 0 Å². The van der Waals surface area contributed by atoms with Gasteiger partial charge in [0.15, 0.2) is 0 Å². The van der Waals surface area contributed by atoms with Crippen molar-refractivity contribution in [3.8, 4) is 0 Å². The maximum absolute atomic E-state index is 4.48. The average molecular weight is 162 g/mol. The van der Waals surface area contributed by atoms with E-state index in [2.05, 4.69) is 42.7 Å². The molecule has 1 aromatic rings. The normalized spacial score (nSPS) is 21.9. The number of aliphatic imine (C=N–C) groups is 1. The van der Waals surface area contributed by atoms with E-state index in [0.29, 0.717) is 5.92 Å². The lowest BCUT2D eigenvalue weighted by atomic mass is 9.97. The van der Waals surface area contributed by atoms with Gasteiger partial charge in [-0.05, 0) is 18.6 Å². The highest BCUT2D eigenvalue weighted by Crippen LogP contribution is 2.25. The Balaban J connectivity index is 2.61. The Morgan fingerprint density at radius 3 is 3.00 bits per heavy atom. The first-order valence-corrected chi connectivity index (χ1v) is 4.37. The van der Waals surface area contributed by atoms with Gasteiger partial charge < -0.3 is 4.57 Å². The molecule has 1 aliphatic rings. The van der Waals surface area contributed by atoms with Gasteiger partial charge in [0.25, 0.3) is 0 Å². The van der Waals surface area contributed by atoms with Crippen LogP contribution in [0.1, 0.15) is 31.0 Å². The summed E-state index contributed by atoms with van der Waals surface area (Å²) in [6.45, 7) is 5.27. The largest absolute Gasteiger partial charge is 0.349 e. The molecule has 0 amide bonds. The molecule has 2 heteroatoms. The molecule has 0 spiro atoms. The minimum Gasteiger partial charge on any atom is -0.349 e. The fourth-order valence-corrected chi connectivity index (χ4v) is 1.86. The van der Waals surface area contributed by atoms with Crippen LogP contribution in [0.25, 0.3) is 0 Å². The highest BCUT2D eigenvalue weighted by Gasteiger charge is 2.19. The summed E-state index contributed by atoms with van der Waals surface area (Å²) in [5.41, 5.74) is 3.94. The zero-order chi connectivity index (χ0) is 8.72. The molecule has 0 unspecified atom stereocenters. The van der Waals surface area contributed by atoms with Gasteiger partial charge in [0, 0.05) is 25.7 Å². The zero-order valence-electron chi connectivity index (χ0n) is 7.83. The topological polar surface area (TPSA) is 17.3 Å². The second kappa shape index (κ2) is 2.47. The summed E-state index contributed by atoms with van der Waals surface area (Å²) < 4.78 is 2.16. The molecule has 0 fully saturated rings. The van der Waals surface area contributed by atoms with Crippen LogP contribution < -0.4 is 0 Å². The highest BCUT2D eigenvalue weighted by molar-refractivity contribution is 5.99. The monoisotopic (exact) mass is 162 g/mol. The minimum atomic E-state index is 0.588. The molecule has 0 radical (unpaired) electrons. The molecule has 0 saturated heterocycles. The van der Waals surface area contributed by atoms with Crippen LogP contribution in [0.4, 0.5) is 0 Å². The third-order valence-electron chi connectivity index (χ3n) is 2.58. The fraction of sp³-hybridized carbons (Fsp3) is 0.500. The van der Waals surface area contributed by atoms with E-state index in [-0.39, 0.29) is 0 Å². The number of hydrogen-bond acceptors (Lipinski definition) is 1. The first-order valence-electron chi connectivity index (χ1n) is 4.37. The lowest BCUT2D eigenvalue weighted by Gasteiger charge is -2.17. The molecule has 0 N–H and O–H groups in total. The molecule has 2 nitrogen and oxygen atoms in total. The van der Waals surface area contributed by atoms with E-state index < -0.39 is 0 Å². The van der Waals surface area contributed by atoms with Gasteiger partial charge >= 0.3 is 0 Å². The van der Waals surface area contributed by atoms with Crippen molar-refractivity contribution < 1.29 is 0 Å². The molecule has 0 aromatic carbocycles. The van der Waals surface area contributed by atoms with Gasteiger partial charge in [0.2, 0.25) is 0 Å². The van der Waals surface area contributed by atoms with Crippen LogP contribution in [0.2, 0.25) is 0 Å². The van der Waals surface area contributed by atoms with Crippen molar-refractivity contribution in [1.82, 2.24) is 4.57 Å². The molecule has 1 aromatic heterocycles. The first kappa shape index (κ1) is 7.59. The molecular weight excluding hydrogens is 148 g/mol. The van der Waals surface area contributed by atoms with Crippen molar-refractivity contribution in [2.75, 3.05) is 6.54 Å². The number of nitrogens with zero attached hydrogens (tertiary/aromatic N) is 2. The van der Waals surface area contributed by atoms with E-state index in [4.69, 9.17) is 0 Å². The summed E-state index contributed by atoms with van der Waals surface area (Å²) in [5, 5.41) is 0. The van der Waals surface area contributed by atoms with Crippen LogP contribution in [0.3, 0.4) is 0 Å². The lowest BCUT2D eigenvalue weighted by molar-refractivity contribution is 0.747. The van der Waals surface area contributed by atoms with Gasteiger partial charge in [-0.25, -0.2) is 0 Å². The van der Waals surface area contributed by atoms with Crippen molar-refractivity contribution in [3.05, 3.63) is 23.5 Å². The SMILES string of the molecule is CC1=NC[C@H](C)c2ccn(C)c21. The Morgan fingerprint density at radius 1 is 1.58 bits per heavy atom. The Bertz CT molecular complexity index is 334. The third kappa shape index (κ3) is 0.909. The van der Waals surface area contributed by atoms with Gasteiger partial charge in [-0.2, -0.15) is 0 Å². The molecule has 64 valence electrons. The quantitative estimate of drug-likeness (QED) is 0.555. The molecule has 2 rings (SSSR count). The Hall–Kier alpha value is -1.05. The van der Waals surface area contributed by atoms with E-state index in [1.807, 2.05) is 0 Å². The predicted molar refractivity (Wildman–Crippen MR) is 50.9 cm³/mol. The first-order chi connectivity index (χ1) is 5.70. The maximum atomic E-state index is 4.48. The molecule has 0 saturated carbocycles. The van der Waals surface area contributed by atoms with Gasteiger partial charge in [-0.3, -0.25) is 4.99 Å². The number of rotatable bonds is 0. The second-order valence-corrected chi connectivity index (χ2v) is 3.56. The molecular formula is C10H14N2. The van der Waals surface area contributed by atoms with Crippen LogP contribution >= 0.6 is 0 Å². The van der Waals surface area contributed by atoms with Crippen LogP contribution in [0, 0.1) is 0 Å². The summed E-state index contributed by atoms with van der Waals surface area (Å²) in [5.74, 6) is 0.588. The minimum absolute atomic E-state index is 0.588. The molecule has 12 heavy (non-hydrogen) atoms. The highest BCUT2D eigenvalue weighted by atomic mass is 15.0. The Morgan fingerprint density at radius 2 is 2.33 bits per heavy atom. The summed E-state index contributed by atoms with van der Waals surface area (Å²) in [6, 6.07) is 2.21. The van der Waals surface area contributed by atoms with Crippen molar-refractivity contribution in [3.63, 3.8) is 0 Å². The van der Waals surface area contributed by atoms with Crippen molar-refractivity contribution in [2.24, 2.45) is 12.0 Å². The Labute approximate surface area is 72.9 Å². The number of aryl methyl sites for hydroxylation is 1. The van der Waals surface area contributed by atoms with Gasteiger partial charge in [0.05, 0.1) is 11.4 Å². The summed E-state index contributed by atoms with van der Waals surface area (Å²) in [4.78, 5) is 4.48. The van der Waals surface area contributed by atoms with E-state index in [1.165, 1.54) is 17.0 Å². The van der Waals surface area contributed by atoms with E-state index in [1.54, 1.807) is 0 Å². The van der Waals surface area contributed by atoms with Crippen LogP contribution in [0.5, 0.6) is 0 Å². The van der Waals surface area contributed by atoms with Crippen molar-refractivity contribution in [2.45, 2.75) is 19.8 Å². The number of hydrogen-bond donors (Lipinski definition) is 0. The van der Waals surface area contributed by atoms with E-state index in [9.17, 15) is 0 Å².